The lowest BCUT2D eigenvalue weighted by molar-refractivity contribution is 0.0733. The van der Waals surface area contributed by atoms with E-state index in [1.807, 2.05) is 32.0 Å². The van der Waals surface area contributed by atoms with Crippen molar-refractivity contribution in [3.8, 4) is 5.75 Å². The number of benzene rings is 2. The van der Waals surface area contributed by atoms with E-state index in [1.54, 1.807) is 18.2 Å². The van der Waals surface area contributed by atoms with Crippen LogP contribution in [-0.2, 0) is 12.8 Å². The Hall–Kier alpha value is -2.88. The molecule has 0 fully saturated rings. The zero-order valence-electron chi connectivity index (χ0n) is 14.2. The summed E-state index contributed by atoms with van der Waals surface area (Å²) in [6.45, 7) is 3.77. The van der Waals surface area contributed by atoms with E-state index < -0.39 is 5.97 Å². The van der Waals surface area contributed by atoms with Crippen LogP contribution < -0.4 is 10.4 Å². The molecule has 126 valence electrons. The topological polar surface area (TPSA) is 56.5 Å². The van der Waals surface area contributed by atoms with E-state index in [9.17, 15) is 9.59 Å². The molecule has 0 saturated carbocycles. The molecule has 0 saturated heterocycles. The largest absolute Gasteiger partial charge is 0.423 e. The maximum atomic E-state index is 12.4. The van der Waals surface area contributed by atoms with E-state index in [0.29, 0.717) is 22.5 Å². The van der Waals surface area contributed by atoms with Gasteiger partial charge in [0, 0.05) is 16.5 Å². The average molecular weight is 334 g/mol. The fourth-order valence-corrected chi connectivity index (χ4v) is 3.42. The van der Waals surface area contributed by atoms with Crippen LogP contribution in [0, 0.1) is 13.8 Å². The van der Waals surface area contributed by atoms with Crippen LogP contribution in [0.5, 0.6) is 5.75 Å². The standard InChI is InChI=1S/C21H18O4/c1-12-6-8-14(9-7-12)20(22)24-18-11-10-16-15-4-3-5-17(15)21(23)25-19(16)13(18)2/h6-11H,3-5H2,1-2H3. The normalized spacial score (nSPS) is 13.0. The lowest BCUT2D eigenvalue weighted by atomic mass is 10.0. The van der Waals surface area contributed by atoms with E-state index in [4.69, 9.17) is 9.15 Å². The van der Waals surface area contributed by atoms with Gasteiger partial charge < -0.3 is 9.15 Å². The predicted octanol–water partition coefficient (Wildman–Crippen LogP) is 4.12. The molecule has 2 aromatic carbocycles. The summed E-state index contributed by atoms with van der Waals surface area (Å²) in [6, 6.07) is 10.9. The van der Waals surface area contributed by atoms with Crippen LogP contribution in [-0.4, -0.2) is 5.97 Å². The number of carbonyl (C=O) groups is 1. The average Bonchev–Trinajstić information content (AvgIpc) is 3.09. The molecule has 0 unspecified atom stereocenters. The van der Waals surface area contributed by atoms with Gasteiger partial charge in [-0.3, -0.25) is 0 Å². The summed E-state index contributed by atoms with van der Waals surface area (Å²) in [4.78, 5) is 24.5. The van der Waals surface area contributed by atoms with Crippen molar-refractivity contribution < 1.29 is 13.9 Å². The summed E-state index contributed by atoms with van der Waals surface area (Å²) >= 11 is 0. The Labute approximate surface area is 145 Å². The Morgan fingerprint density at radius 1 is 1.00 bits per heavy atom. The van der Waals surface area contributed by atoms with Gasteiger partial charge >= 0.3 is 11.6 Å². The summed E-state index contributed by atoms with van der Waals surface area (Å²) in [5.74, 6) is -0.00914. The van der Waals surface area contributed by atoms with Gasteiger partial charge in [0.2, 0.25) is 0 Å². The Balaban J connectivity index is 1.75. The van der Waals surface area contributed by atoms with Gasteiger partial charge in [-0.2, -0.15) is 0 Å². The minimum Gasteiger partial charge on any atom is -0.423 e. The van der Waals surface area contributed by atoms with Crippen molar-refractivity contribution >= 4 is 16.9 Å². The highest BCUT2D eigenvalue weighted by Gasteiger charge is 2.22. The van der Waals surface area contributed by atoms with E-state index in [0.717, 1.165) is 41.3 Å². The van der Waals surface area contributed by atoms with Gasteiger partial charge in [0.15, 0.2) is 0 Å². The van der Waals surface area contributed by atoms with Gasteiger partial charge in [-0.25, -0.2) is 9.59 Å². The third-order valence-corrected chi connectivity index (χ3v) is 4.83. The Kier molecular flexibility index (Phi) is 3.68. The van der Waals surface area contributed by atoms with Crippen molar-refractivity contribution in [1.82, 2.24) is 0 Å². The van der Waals surface area contributed by atoms with Crippen LogP contribution in [0.4, 0.5) is 0 Å². The molecular weight excluding hydrogens is 316 g/mol. The summed E-state index contributed by atoms with van der Waals surface area (Å²) in [7, 11) is 0. The van der Waals surface area contributed by atoms with Crippen molar-refractivity contribution in [2.75, 3.05) is 0 Å². The van der Waals surface area contributed by atoms with Crippen LogP contribution in [0.1, 0.15) is 39.0 Å². The van der Waals surface area contributed by atoms with E-state index in [2.05, 4.69) is 0 Å². The van der Waals surface area contributed by atoms with Crippen molar-refractivity contribution in [2.45, 2.75) is 33.1 Å². The van der Waals surface area contributed by atoms with Crippen LogP contribution in [0.3, 0.4) is 0 Å². The maximum absolute atomic E-state index is 12.4. The molecule has 4 nitrogen and oxygen atoms in total. The predicted molar refractivity (Wildman–Crippen MR) is 95.4 cm³/mol. The monoisotopic (exact) mass is 334 g/mol. The molecule has 1 heterocycles. The number of hydrogen-bond donors (Lipinski definition) is 0. The third-order valence-electron chi connectivity index (χ3n) is 4.83. The highest BCUT2D eigenvalue weighted by atomic mass is 16.5. The number of rotatable bonds is 2. The summed E-state index contributed by atoms with van der Waals surface area (Å²) < 4.78 is 11.1. The Morgan fingerprint density at radius 2 is 1.72 bits per heavy atom. The SMILES string of the molecule is Cc1ccc(C(=O)Oc2ccc3c4c(c(=O)oc3c2C)CCC4)cc1. The van der Waals surface area contributed by atoms with Crippen LogP contribution >= 0.6 is 0 Å². The van der Waals surface area contributed by atoms with Crippen molar-refractivity contribution in [2.24, 2.45) is 0 Å². The molecular formula is C21H18O4. The number of ether oxygens (including phenoxy) is 1. The molecule has 0 N–H and O–H groups in total. The lowest BCUT2D eigenvalue weighted by Gasteiger charge is -2.11. The molecule has 0 radical (unpaired) electrons. The minimum absolute atomic E-state index is 0.273. The molecule has 0 aliphatic heterocycles. The fourth-order valence-electron chi connectivity index (χ4n) is 3.42. The second-order valence-electron chi connectivity index (χ2n) is 6.52. The van der Waals surface area contributed by atoms with Crippen LogP contribution in [0.2, 0.25) is 0 Å². The third kappa shape index (κ3) is 2.64. The molecule has 0 bridgehead atoms. The highest BCUT2D eigenvalue weighted by Crippen LogP contribution is 2.33. The first kappa shape index (κ1) is 15.6. The first-order chi connectivity index (χ1) is 12.0. The van der Waals surface area contributed by atoms with E-state index in [1.165, 1.54) is 0 Å². The molecule has 4 rings (SSSR count). The summed E-state index contributed by atoms with van der Waals surface area (Å²) in [5, 5.41) is 0.944. The minimum atomic E-state index is -0.425. The Morgan fingerprint density at radius 3 is 2.48 bits per heavy atom. The Bertz CT molecular complexity index is 1040. The van der Waals surface area contributed by atoms with Crippen LogP contribution in [0.25, 0.3) is 11.0 Å². The molecule has 1 aromatic heterocycles. The highest BCUT2D eigenvalue weighted by molar-refractivity contribution is 5.93. The van der Waals surface area contributed by atoms with Crippen molar-refractivity contribution in [3.05, 3.63) is 74.6 Å². The van der Waals surface area contributed by atoms with Crippen LogP contribution in [0.15, 0.2) is 45.6 Å². The van der Waals surface area contributed by atoms with Gasteiger partial charge in [-0.15, -0.1) is 0 Å². The zero-order chi connectivity index (χ0) is 17.6. The number of aryl methyl sites for hydroxylation is 3. The summed E-state index contributed by atoms with van der Waals surface area (Å²) in [6.07, 6.45) is 2.64. The van der Waals surface area contributed by atoms with Gasteiger partial charge in [-0.1, -0.05) is 17.7 Å². The summed E-state index contributed by atoms with van der Waals surface area (Å²) in [5.41, 5.74) is 4.34. The first-order valence-electron chi connectivity index (χ1n) is 8.41. The molecule has 25 heavy (non-hydrogen) atoms. The molecule has 1 aliphatic rings. The lowest BCUT2D eigenvalue weighted by Crippen LogP contribution is -2.11. The molecule has 0 spiro atoms. The number of esters is 1. The molecule has 1 aliphatic carbocycles. The number of carbonyl (C=O) groups excluding carboxylic acids is 1. The maximum Gasteiger partial charge on any atom is 0.343 e. The first-order valence-corrected chi connectivity index (χ1v) is 8.41. The quantitative estimate of drug-likeness (QED) is 0.402. The second-order valence-corrected chi connectivity index (χ2v) is 6.52. The second kappa shape index (κ2) is 5.88. The smallest absolute Gasteiger partial charge is 0.343 e. The van der Waals surface area contributed by atoms with Gasteiger partial charge in [0.25, 0.3) is 0 Å². The van der Waals surface area contributed by atoms with E-state index in [-0.39, 0.29) is 5.63 Å². The zero-order valence-corrected chi connectivity index (χ0v) is 14.2. The van der Waals surface area contributed by atoms with E-state index >= 15 is 0 Å². The molecule has 0 amide bonds. The fraction of sp³-hybridized carbons (Fsp3) is 0.238. The van der Waals surface area contributed by atoms with Gasteiger partial charge in [0.05, 0.1) is 5.56 Å². The van der Waals surface area contributed by atoms with Gasteiger partial charge in [0.1, 0.15) is 11.3 Å². The molecule has 4 heteroatoms. The molecule has 0 atom stereocenters. The number of hydrogen-bond acceptors (Lipinski definition) is 4. The molecule has 3 aromatic rings. The van der Waals surface area contributed by atoms with Crippen molar-refractivity contribution in [3.63, 3.8) is 0 Å². The van der Waals surface area contributed by atoms with Crippen molar-refractivity contribution in [1.29, 1.82) is 0 Å². The van der Waals surface area contributed by atoms with Gasteiger partial charge in [-0.05, 0) is 62.9 Å². The number of fused-ring (bicyclic) bond motifs is 3.